The molecule has 8 heteroatoms. The van der Waals surface area contributed by atoms with Crippen LogP contribution in [0.15, 0.2) is 12.1 Å². The molecule has 4 heterocycles. The van der Waals surface area contributed by atoms with Gasteiger partial charge < -0.3 is 20.4 Å². The number of nitrogens with zero attached hydrogens (tertiary/aromatic N) is 5. The number of fused-ring (bicyclic) bond motifs is 1. The quantitative estimate of drug-likeness (QED) is 0.600. The summed E-state index contributed by atoms with van der Waals surface area (Å²) in [7, 11) is 1.88. The summed E-state index contributed by atoms with van der Waals surface area (Å²) in [6.07, 6.45) is 15.1. The van der Waals surface area contributed by atoms with E-state index in [1.54, 1.807) is 4.68 Å². The molecule has 5 rings (SSSR count). The van der Waals surface area contributed by atoms with E-state index in [9.17, 15) is 4.79 Å². The van der Waals surface area contributed by atoms with Crippen molar-refractivity contribution in [1.29, 1.82) is 0 Å². The Hall–Kier alpha value is -2.19. The van der Waals surface area contributed by atoms with E-state index in [0.717, 1.165) is 49.3 Å². The third kappa shape index (κ3) is 6.57. The van der Waals surface area contributed by atoms with Crippen molar-refractivity contribution in [3.05, 3.63) is 17.8 Å². The molecule has 1 aliphatic carbocycles. The summed E-state index contributed by atoms with van der Waals surface area (Å²) in [4.78, 5) is 23.2. The van der Waals surface area contributed by atoms with Crippen LogP contribution in [0.2, 0.25) is 0 Å². The van der Waals surface area contributed by atoms with Crippen LogP contribution in [0.1, 0.15) is 87.5 Å². The highest BCUT2D eigenvalue weighted by Crippen LogP contribution is 2.23. The van der Waals surface area contributed by atoms with Crippen LogP contribution in [-0.2, 0) is 7.05 Å². The highest BCUT2D eigenvalue weighted by molar-refractivity contribution is 6.04. The Labute approximate surface area is 216 Å². The van der Waals surface area contributed by atoms with Crippen LogP contribution in [0.5, 0.6) is 0 Å². The van der Waals surface area contributed by atoms with Crippen molar-refractivity contribution in [3.63, 3.8) is 0 Å². The monoisotopic (exact) mass is 495 g/mol. The molecule has 2 aromatic rings. The number of carbonyl (C=O) groups is 1. The van der Waals surface area contributed by atoms with Gasteiger partial charge in [0.25, 0.3) is 5.91 Å². The molecule has 3 aliphatic rings. The van der Waals surface area contributed by atoms with Gasteiger partial charge in [-0.1, -0.05) is 38.5 Å². The molecular formula is C28H45N7O. The Morgan fingerprint density at radius 2 is 1.47 bits per heavy atom. The zero-order valence-electron chi connectivity index (χ0n) is 22.2. The predicted molar refractivity (Wildman–Crippen MR) is 145 cm³/mol. The van der Waals surface area contributed by atoms with E-state index in [4.69, 9.17) is 4.98 Å². The molecule has 0 spiro atoms. The van der Waals surface area contributed by atoms with Crippen LogP contribution < -0.4 is 10.6 Å². The molecule has 1 amide bonds. The summed E-state index contributed by atoms with van der Waals surface area (Å²) in [5.41, 5.74) is 1.26. The van der Waals surface area contributed by atoms with Crippen LogP contribution in [0.25, 0.3) is 11.0 Å². The maximum absolute atomic E-state index is 13.2. The highest BCUT2D eigenvalue weighted by Gasteiger charge is 2.24. The molecule has 2 N–H and O–H groups in total. The fraction of sp³-hybridized carbons (Fsp3) is 0.750. The van der Waals surface area contributed by atoms with E-state index in [-0.39, 0.29) is 11.9 Å². The maximum atomic E-state index is 13.2. The summed E-state index contributed by atoms with van der Waals surface area (Å²) >= 11 is 0. The predicted octanol–water partition coefficient (Wildman–Crippen LogP) is 4.17. The second-order valence-electron chi connectivity index (χ2n) is 11.2. The molecule has 2 saturated heterocycles. The molecule has 0 unspecified atom stereocenters. The molecule has 3 fully saturated rings. The largest absolute Gasteiger partial charge is 0.367 e. The zero-order valence-corrected chi connectivity index (χ0v) is 22.2. The average molecular weight is 496 g/mol. The van der Waals surface area contributed by atoms with Gasteiger partial charge in [0.15, 0.2) is 11.3 Å². The molecule has 2 aliphatic heterocycles. The lowest BCUT2D eigenvalue weighted by molar-refractivity contribution is 0.0901. The Bertz CT molecular complexity index is 983. The smallest absolute Gasteiger partial charge is 0.272 e. The number of likely N-dealkylation sites (tertiary alicyclic amines) is 2. The van der Waals surface area contributed by atoms with E-state index >= 15 is 0 Å². The topological polar surface area (TPSA) is 78.3 Å². The number of hydrogen-bond acceptors (Lipinski definition) is 6. The molecule has 198 valence electrons. The van der Waals surface area contributed by atoms with Crippen molar-refractivity contribution in [1.82, 2.24) is 29.9 Å². The summed E-state index contributed by atoms with van der Waals surface area (Å²) in [6, 6.07) is 4.73. The normalized spacial score (nSPS) is 21.8. The number of rotatable bonds is 7. The van der Waals surface area contributed by atoms with Crippen molar-refractivity contribution in [3.8, 4) is 0 Å². The lowest BCUT2D eigenvalue weighted by atomic mass is 9.97. The lowest BCUT2D eigenvalue weighted by Gasteiger charge is -2.34. The van der Waals surface area contributed by atoms with E-state index < -0.39 is 0 Å². The first-order valence-corrected chi connectivity index (χ1v) is 14.5. The van der Waals surface area contributed by atoms with Crippen LogP contribution in [-0.4, -0.2) is 81.8 Å². The third-order valence-electron chi connectivity index (χ3n) is 8.46. The van der Waals surface area contributed by atoms with Gasteiger partial charge in [-0.25, -0.2) is 9.67 Å². The Kier molecular flexibility index (Phi) is 8.75. The summed E-state index contributed by atoms with van der Waals surface area (Å²) in [6.45, 7) is 6.96. The van der Waals surface area contributed by atoms with Crippen molar-refractivity contribution >= 4 is 22.8 Å². The number of piperidine rings is 2. The minimum absolute atomic E-state index is 0.0742. The summed E-state index contributed by atoms with van der Waals surface area (Å²) < 4.78 is 1.75. The molecule has 36 heavy (non-hydrogen) atoms. The summed E-state index contributed by atoms with van der Waals surface area (Å²) in [5, 5.41) is 12.3. The minimum atomic E-state index is -0.0742. The van der Waals surface area contributed by atoms with Gasteiger partial charge in [-0.05, 0) is 63.7 Å². The second kappa shape index (κ2) is 12.4. The van der Waals surface area contributed by atoms with Crippen molar-refractivity contribution in [2.75, 3.05) is 44.6 Å². The minimum Gasteiger partial charge on any atom is -0.367 e. The van der Waals surface area contributed by atoms with Gasteiger partial charge in [-0.3, -0.25) is 4.79 Å². The van der Waals surface area contributed by atoms with Crippen LogP contribution in [0.3, 0.4) is 0 Å². The first-order chi connectivity index (χ1) is 17.7. The maximum Gasteiger partial charge on any atom is 0.272 e. The molecule has 8 nitrogen and oxygen atoms in total. The molecule has 0 aromatic carbocycles. The molecule has 0 radical (unpaired) electrons. The zero-order chi connectivity index (χ0) is 24.7. The number of nitrogens with one attached hydrogen (secondary N) is 2. The Balaban J connectivity index is 1.14. The molecule has 0 bridgehead atoms. The molecular weight excluding hydrogens is 450 g/mol. The second-order valence-corrected chi connectivity index (χ2v) is 11.2. The average Bonchev–Trinajstić information content (AvgIpc) is 3.22. The molecule has 2 aromatic heterocycles. The number of hydrogen-bond donors (Lipinski definition) is 2. The van der Waals surface area contributed by atoms with Gasteiger partial charge in [-0.2, -0.15) is 5.10 Å². The van der Waals surface area contributed by atoms with Crippen molar-refractivity contribution < 1.29 is 4.79 Å². The van der Waals surface area contributed by atoms with Gasteiger partial charge in [0, 0.05) is 45.3 Å². The molecule has 0 atom stereocenters. The fourth-order valence-corrected chi connectivity index (χ4v) is 6.21. The van der Waals surface area contributed by atoms with Crippen molar-refractivity contribution in [2.45, 2.75) is 89.1 Å². The summed E-state index contributed by atoms with van der Waals surface area (Å²) in [5.74, 6) is 0.815. The van der Waals surface area contributed by atoms with E-state index in [0.29, 0.717) is 11.7 Å². The number of aryl methyl sites for hydroxylation is 1. The van der Waals surface area contributed by atoms with Crippen molar-refractivity contribution in [2.24, 2.45) is 7.05 Å². The first kappa shape index (κ1) is 25.5. The van der Waals surface area contributed by atoms with Crippen LogP contribution in [0, 0.1) is 0 Å². The van der Waals surface area contributed by atoms with Gasteiger partial charge in [0.1, 0.15) is 5.82 Å². The standard InChI is InChI=1S/C28H45N7O/c1-33-27-24(12-13-25(31-27)29-22-10-6-3-2-4-7-11-22)26(32-33)28(36)30-23-14-18-35(19-15-23)21-20-34-16-8-5-9-17-34/h12-13,22-23H,2-11,14-21H2,1H3,(H,29,31)(H,30,36). The van der Waals surface area contributed by atoms with E-state index in [2.05, 4.69) is 25.5 Å². The number of pyridine rings is 1. The Morgan fingerprint density at radius 1 is 0.833 bits per heavy atom. The van der Waals surface area contributed by atoms with Gasteiger partial charge in [0.2, 0.25) is 0 Å². The highest BCUT2D eigenvalue weighted by atomic mass is 16.2. The van der Waals surface area contributed by atoms with Gasteiger partial charge in [0.05, 0.1) is 5.39 Å². The van der Waals surface area contributed by atoms with Gasteiger partial charge >= 0.3 is 0 Å². The Morgan fingerprint density at radius 3 is 2.19 bits per heavy atom. The molecule has 1 saturated carbocycles. The third-order valence-corrected chi connectivity index (χ3v) is 8.46. The van der Waals surface area contributed by atoms with Gasteiger partial charge in [-0.15, -0.1) is 0 Å². The lowest BCUT2D eigenvalue weighted by Crippen LogP contribution is -2.47. The fourth-order valence-electron chi connectivity index (χ4n) is 6.21. The first-order valence-electron chi connectivity index (χ1n) is 14.5. The van der Waals surface area contributed by atoms with E-state index in [1.807, 2.05) is 19.2 Å². The number of amides is 1. The number of anilines is 1. The van der Waals surface area contributed by atoms with Crippen LogP contribution in [0.4, 0.5) is 5.82 Å². The van der Waals surface area contributed by atoms with E-state index in [1.165, 1.54) is 83.8 Å². The SMILES string of the molecule is Cn1nc(C(=O)NC2CCN(CCN3CCCCC3)CC2)c2ccc(NC3CCCCCCC3)nc21. The number of carbonyl (C=O) groups excluding carboxylic acids is 1. The van der Waals surface area contributed by atoms with Crippen LogP contribution >= 0.6 is 0 Å². The number of aromatic nitrogens is 3.